The van der Waals surface area contributed by atoms with Gasteiger partial charge in [-0.25, -0.2) is 13.8 Å². The van der Waals surface area contributed by atoms with Crippen LogP contribution in [0.2, 0.25) is 0 Å². The number of nitrogens with zero attached hydrogens (tertiary/aromatic N) is 3. The van der Waals surface area contributed by atoms with Crippen LogP contribution in [0.4, 0.5) is 14.5 Å². The molecule has 4 rings (SSSR count). The largest absolute Gasteiger partial charge is 0.496 e. The Morgan fingerprint density at radius 3 is 3.07 bits per heavy atom. The summed E-state index contributed by atoms with van der Waals surface area (Å²) in [6.07, 6.45) is 2.13. The average molecular weight is 402 g/mol. The highest BCUT2D eigenvalue weighted by molar-refractivity contribution is 6.07. The van der Waals surface area contributed by atoms with Gasteiger partial charge in [0, 0.05) is 26.1 Å². The molecule has 0 saturated carbocycles. The molecular weight excluding hydrogens is 382 g/mol. The van der Waals surface area contributed by atoms with Crippen molar-refractivity contribution < 1.29 is 18.3 Å². The molecule has 0 spiro atoms. The van der Waals surface area contributed by atoms with Gasteiger partial charge in [-0.2, -0.15) is 5.10 Å². The van der Waals surface area contributed by atoms with E-state index in [1.165, 1.54) is 31.5 Å². The van der Waals surface area contributed by atoms with E-state index in [2.05, 4.69) is 25.5 Å². The summed E-state index contributed by atoms with van der Waals surface area (Å²) >= 11 is 0. The van der Waals surface area contributed by atoms with Crippen molar-refractivity contribution in [3.8, 4) is 17.3 Å². The van der Waals surface area contributed by atoms with Crippen LogP contribution < -0.4 is 10.1 Å². The number of hydrogen-bond donors (Lipinski definition) is 3. The molecule has 0 atom stereocenters. The fraction of sp³-hybridized carbons (Fsp3) is 0.316. The molecule has 3 N–H and O–H groups in total. The number of rotatable bonds is 6. The first kappa shape index (κ1) is 19.1. The number of methoxy groups -OCH3 is 1. The van der Waals surface area contributed by atoms with E-state index in [1.54, 1.807) is 0 Å². The van der Waals surface area contributed by atoms with Crippen LogP contribution in [0.1, 0.15) is 21.7 Å². The number of ether oxygens (including phenoxy) is 1. The van der Waals surface area contributed by atoms with E-state index in [1.807, 2.05) is 4.90 Å². The summed E-state index contributed by atoms with van der Waals surface area (Å²) in [5.41, 5.74) is 2.44. The second-order valence-corrected chi connectivity index (χ2v) is 6.66. The predicted octanol–water partition coefficient (Wildman–Crippen LogP) is 2.53. The van der Waals surface area contributed by atoms with Gasteiger partial charge < -0.3 is 15.0 Å². The number of imidazole rings is 1. The highest BCUT2D eigenvalue weighted by atomic mass is 19.1. The molecule has 1 amide bonds. The van der Waals surface area contributed by atoms with Crippen LogP contribution >= 0.6 is 0 Å². The third-order valence-electron chi connectivity index (χ3n) is 4.86. The molecule has 0 fully saturated rings. The highest BCUT2D eigenvalue weighted by Crippen LogP contribution is 2.28. The number of H-pyrrole nitrogens is 2. The number of aromatic nitrogens is 4. The molecule has 0 saturated heterocycles. The number of hydrogen-bond acceptors (Lipinski definition) is 5. The third kappa shape index (κ3) is 3.70. The van der Waals surface area contributed by atoms with E-state index in [4.69, 9.17) is 4.74 Å². The Balaban J connectivity index is 1.58. The zero-order chi connectivity index (χ0) is 20.4. The van der Waals surface area contributed by atoms with Crippen molar-refractivity contribution in [1.82, 2.24) is 25.1 Å². The van der Waals surface area contributed by atoms with E-state index >= 15 is 0 Å². The lowest BCUT2D eigenvalue weighted by Gasteiger charge is -2.24. The van der Waals surface area contributed by atoms with Crippen molar-refractivity contribution in [1.29, 1.82) is 0 Å². The first-order chi connectivity index (χ1) is 14.1. The number of amides is 1. The molecule has 1 aliphatic heterocycles. The average Bonchev–Trinajstić information content (AvgIpc) is 3.33. The number of alkyl halides is 1. The van der Waals surface area contributed by atoms with E-state index < -0.39 is 18.4 Å². The van der Waals surface area contributed by atoms with Gasteiger partial charge in [-0.05, 0) is 12.1 Å². The third-order valence-corrected chi connectivity index (χ3v) is 4.86. The fourth-order valence-corrected chi connectivity index (χ4v) is 3.42. The molecule has 8 nitrogen and oxygen atoms in total. The first-order valence-electron chi connectivity index (χ1n) is 9.14. The lowest BCUT2D eigenvalue weighted by molar-refractivity contribution is 0.102. The maximum atomic E-state index is 14.2. The normalized spacial score (nSPS) is 13.9. The zero-order valence-corrected chi connectivity index (χ0v) is 15.8. The quantitative estimate of drug-likeness (QED) is 0.589. The Bertz CT molecular complexity index is 1030. The number of halogens is 2. The fourth-order valence-electron chi connectivity index (χ4n) is 3.42. The van der Waals surface area contributed by atoms with Crippen molar-refractivity contribution in [2.75, 3.05) is 32.2 Å². The monoisotopic (exact) mass is 402 g/mol. The van der Waals surface area contributed by atoms with Gasteiger partial charge in [0.25, 0.3) is 5.91 Å². The molecule has 0 aliphatic carbocycles. The maximum Gasteiger partial charge on any atom is 0.262 e. The van der Waals surface area contributed by atoms with Crippen molar-refractivity contribution in [3.63, 3.8) is 0 Å². The van der Waals surface area contributed by atoms with Gasteiger partial charge in [0.15, 0.2) is 5.82 Å². The maximum absolute atomic E-state index is 14.2. The zero-order valence-electron chi connectivity index (χ0n) is 15.8. The lowest BCUT2D eigenvalue weighted by Crippen LogP contribution is -2.32. The van der Waals surface area contributed by atoms with Gasteiger partial charge in [0.1, 0.15) is 29.5 Å². The topological polar surface area (TPSA) is 98.9 Å². The van der Waals surface area contributed by atoms with Crippen LogP contribution in [0.3, 0.4) is 0 Å². The Morgan fingerprint density at radius 1 is 1.41 bits per heavy atom. The number of aromatic amines is 2. The second kappa shape index (κ2) is 8.00. The molecule has 29 heavy (non-hydrogen) atoms. The van der Waals surface area contributed by atoms with Crippen molar-refractivity contribution >= 4 is 11.6 Å². The minimum atomic E-state index is -0.687. The van der Waals surface area contributed by atoms with Crippen molar-refractivity contribution in [3.05, 3.63) is 47.2 Å². The summed E-state index contributed by atoms with van der Waals surface area (Å²) < 4.78 is 31.9. The molecule has 1 aliphatic rings. The number of anilines is 1. The summed E-state index contributed by atoms with van der Waals surface area (Å²) in [6.45, 7) is 1.30. The molecule has 3 heterocycles. The van der Waals surface area contributed by atoms with E-state index in [-0.39, 0.29) is 11.3 Å². The molecule has 1 aromatic carbocycles. The summed E-state index contributed by atoms with van der Waals surface area (Å²) in [4.78, 5) is 22.5. The van der Waals surface area contributed by atoms with E-state index in [0.29, 0.717) is 36.7 Å². The lowest BCUT2D eigenvalue weighted by atomic mass is 10.1. The van der Waals surface area contributed by atoms with Gasteiger partial charge in [-0.15, -0.1) is 0 Å². The standard InChI is InChI=1S/C19H20F2N6O2/c1-29-15-4-2-3-11(21)16(15)19(28)25-13-9-22-26-17(13)18-23-12-5-7-27(8-6-20)10-14(12)24-18/h2-4,9H,5-8,10H2,1H3,(H,22,26)(H,23,24)(H,25,28). The number of carbonyl (C=O) groups is 1. The number of benzene rings is 1. The Kier molecular flexibility index (Phi) is 5.26. The molecule has 0 radical (unpaired) electrons. The van der Waals surface area contributed by atoms with Gasteiger partial charge in [-0.1, -0.05) is 6.07 Å². The highest BCUT2D eigenvalue weighted by Gasteiger charge is 2.24. The smallest absolute Gasteiger partial charge is 0.262 e. The van der Waals surface area contributed by atoms with Gasteiger partial charge in [0.05, 0.1) is 30.4 Å². The first-order valence-corrected chi connectivity index (χ1v) is 9.14. The summed E-state index contributed by atoms with van der Waals surface area (Å²) in [7, 11) is 1.37. The molecule has 0 bridgehead atoms. The number of fused-ring (bicyclic) bond motifs is 1. The SMILES string of the molecule is COc1cccc(F)c1C(=O)Nc1cn[nH]c1-c1nc2c([nH]1)CN(CCF)CC2. The van der Waals surface area contributed by atoms with Crippen molar-refractivity contribution in [2.24, 2.45) is 0 Å². The molecule has 3 aromatic rings. The van der Waals surface area contributed by atoms with Crippen LogP contribution in [-0.4, -0.2) is 57.8 Å². The van der Waals surface area contributed by atoms with Crippen LogP contribution in [0.5, 0.6) is 5.75 Å². The minimum Gasteiger partial charge on any atom is -0.496 e. The Morgan fingerprint density at radius 2 is 2.28 bits per heavy atom. The summed E-state index contributed by atoms with van der Waals surface area (Å²) in [5, 5.41) is 9.44. The molecule has 152 valence electrons. The number of nitrogens with one attached hydrogen (secondary N) is 3. The molecule has 0 unspecified atom stereocenters. The van der Waals surface area contributed by atoms with Crippen LogP contribution in [0.25, 0.3) is 11.5 Å². The molecule has 2 aromatic heterocycles. The summed E-state index contributed by atoms with van der Waals surface area (Å²) in [6, 6.07) is 4.17. The second-order valence-electron chi connectivity index (χ2n) is 6.66. The minimum absolute atomic E-state index is 0.133. The predicted molar refractivity (Wildman–Crippen MR) is 102 cm³/mol. The van der Waals surface area contributed by atoms with Crippen LogP contribution in [-0.2, 0) is 13.0 Å². The Labute approximate surface area is 165 Å². The summed E-state index contributed by atoms with van der Waals surface area (Å²) in [5.74, 6) is -0.708. The van der Waals surface area contributed by atoms with E-state index in [0.717, 1.165) is 17.9 Å². The number of carbonyl (C=O) groups excluding carboxylic acids is 1. The van der Waals surface area contributed by atoms with Crippen LogP contribution in [0.15, 0.2) is 24.4 Å². The Hall–Kier alpha value is -3.27. The van der Waals surface area contributed by atoms with Crippen molar-refractivity contribution in [2.45, 2.75) is 13.0 Å². The van der Waals surface area contributed by atoms with Gasteiger partial charge >= 0.3 is 0 Å². The van der Waals surface area contributed by atoms with E-state index in [9.17, 15) is 13.6 Å². The molecule has 10 heteroatoms. The van der Waals surface area contributed by atoms with Gasteiger partial charge in [0.2, 0.25) is 0 Å². The molecular formula is C19H20F2N6O2. The van der Waals surface area contributed by atoms with Gasteiger partial charge in [-0.3, -0.25) is 14.8 Å². The van der Waals surface area contributed by atoms with Crippen LogP contribution in [0, 0.1) is 5.82 Å².